The molecule has 0 aliphatic rings. The molecule has 0 radical (unpaired) electrons. The second-order valence-corrected chi connectivity index (χ2v) is 7.40. The summed E-state index contributed by atoms with van der Waals surface area (Å²) in [6, 6.07) is 10.3. The van der Waals surface area contributed by atoms with Crippen LogP contribution in [-0.4, -0.2) is 30.9 Å². The van der Waals surface area contributed by atoms with E-state index in [4.69, 9.17) is 4.74 Å². The maximum atomic E-state index is 12.8. The highest BCUT2D eigenvalue weighted by molar-refractivity contribution is 7.89. The lowest BCUT2D eigenvalue weighted by atomic mass is 10.3. The van der Waals surface area contributed by atoms with Gasteiger partial charge in [-0.2, -0.15) is 4.31 Å². The van der Waals surface area contributed by atoms with Crippen molar-refractivity contribution in [3.8, 4) is 5.75 Å². The maximum Gasteiger partial charge on any atom is 0.243 e. The molecule has 0 N–H and O–H groups in total. The van der Waals surface area contributed by atoms with Gasteiger partial charge >= 0.3 is 0 Å². The minimum Gasteiger partial charge on any atom is -0.494 e. The van der Waals surface area contributed by atoms with Crippen LogP contribution in [0.2, 0.25) is 0 Å². The Balaban J connectivity index is 2.12. The van der Waals surface area contributed by atoms with E-state index in [1.165, 1.54) is 4.31 Å². The van der Waals surface area contributed by atoms with E-state index in [0.717, 1.165) is 18.4 Å². The van der Waals surface area contributed by atoms with Gasteiger partial charge in [-0.3, -0.25) is 4.98 Å². The molecular formula is C18H24N2O3S. The summed E-state index contributed by atoms with van der Waals surface area (Å²) in [5, 5.41) is 0. The van der Waals surface area contributed by atoms with Crippen LogP contribution in [0.4, 0.5) is 0 Å². The van der Waals surface area contributed by atoms with Crippen molar-refractivity contribution in [2.24, 2.45) is 0 Å². The molecular weight excluding hydrogens is 324 g/mol. The predicted octanol–water partition coefficient (Wildman–Crippen LogP) is 3.47. The fraction of sp³-hybridized carbons (Fsp3) is 0.389. The Kier molecular flexibility index (Phi) is 6.75. The number of ether oxygens (including phenoxy) is 1. The molecule has 0 saturated heterocycles. The summed E-state index contributed by atoms with van der Waals surface area (Å²) in [5.74, 6) is 0.694. The van der Waals surface area contributed by atoms with Crippen LogP contribution < -0.4 is 4.74 Å². The molecule has 0 fully saturated rings. The Bertz CT molecular complexity index is 716. The van der Waals surface area contributed by atoms with Gasteiger partial charge in [0.2, 0.25) is 10.0 Å². The van der Waals surface area contributed by atoms with Gasteiger partial charge in [0, 0.05) is 25.5 Å². The molecule has 1 aromatic heterocycles. The van der Waals surface area contributed by atoms with Gasteiger partial charge < -0.3 is 4.74 Å². The molecule has 0 aliphatic carbocycles. The number of rotatable bonds is 9. The van der Waals surface area contributed by atoms with Crippen molar-refractivity contribution in [2.75, 3.05) is 13.2 Å². The van der Waals surface area contributed by atoms with Crippen LogP contribution in [0.1, 0.15) is 32.3 Å². The van der Waals surface area contributed by atoms with Crippen LogP contribution in [0.5, 0.6) is 5.75 Å². The first-order valence-corrected chi connectivity index (χ1v) is 9.63. The summed E-state index contributed by atoms with van der Waals surface area (Å²) < 4.78 is 32.7. The van der Waals surface area contributed by atoms with E-state index in [0.29, 0.717) is 25.4 Å². The van der Waals surface area contributed by atoms with Crippen LogP contribution >= 0.6 is 0 Å². The Labute approximate surface area is 144 Å². The molecule has 0 atom stereocenters. The molecule has 24 heavy (non-hydrogen) atoms. The third-order valence-electron chi connectivity index (χ3n) is 3.69. The molecule has 1 heterocycles. The van der Waals surface area contributed by atoms with E-state index in [1.54, 1.807) is 36.7 Å². The highest BCUT2D eigenvalue weighted by Gasteiger charge is 2.23. The van der Waals surface area contributed by atoms with Crippen molar-refractivity contribution < 1.29 is 13.2 Å². The van der Waals surface area contributed by atoms with E-state index in [-0.39, 0.29) is 4.90 Å². The summed E-state index contributed by atoms with van der Waals surface area (Å²) in [6.07, 6.45) is 5.37. The number of nitrogens with zero attached hydrogens (tertiary/aromatic N) is 2. The first kappa shape index (κ1) is 18.4. The van der Waals surface area contributed by atoms with E-state index < -0.39 is 10.0 Å². The molecule has 1 aromatic carbocycles. The minimum atomic E-state index is -3.53. The zero-order chi connectivity index (χ0) is 17.4. The predicted molar refractivity (Wildman–Crippen MR) is 94.4 cm³/mol. The van der Waals surface area contributed by atoms with Crippen molar-refractivity contribution in [1.29, 1.82) is 0 Å². The van der Waals surface area contributed by atoms with E-state index in [2.05, 4.69) is 11.9 Å². The Hall–Kier alpha value is -1.92. The van der Waals surface area contributed by atoms with Crippen LogP contribution in [-0.2, 0) is 16.6 Å². The number of benzene rings is 1. The van der Waals surface area contributed by atoms with Gasteiger partial charge in [-0.1, -0.05) is 20.3 Å². The number of unbranched alkanes of at least 4 members (excludes halogenated alkanes) is 1. The fourth-order valence-corrected chi connectivity index (χ4v) is 3.69. The van der Waals surface area contributed by atoms with Crippen LogP contribution in [0.25, 0.3) is 0 Å². The third-order valence-corrected chi connectivity index (χ3v) is 5.62. The summed E-state index contributed by atoms with van der Waals surface area (Å²) in [7, 11) is -3.53. The number of aromatic nitrogens is 1. The van der Waals surface area contributed by atoms with Gasteiger partial charge in [0.25, 0.3) is 0 Å². The summed E-state index contributed by atoms with van der Waals surface area (Å²) in [6.45, 7) is 5.31. The largest absolute Gasteiger partial charge is 0.494 e. The molecule has 0 unspecified atom stereocenters. The minimum absolute atomic E-state index is 0.279. The van der Waals surface area contributed by atoms with Crippen LogP contribution in [0.15, 0.2) is 53.7 Å². The SMILES string of the molecule is CCCCOc1ccc(S(=O)(=O)N(CC)Cc2ccncc2)cc1. The van der Waals surface area contributed by atoms with Crippen molar-refractivity contribution in [3.05, 3.63) is 54.4 Å². The first-order chi connectivity index (χ1) is 11.6. The molecule has 0 saturated carbocycles. The Morgan fingerprint density at radius 2 is 1.71 bits per heavy atom. The van der Waals surface area contributed by atoms with Gasteiger partial charge in [-0.15, -0.1) is 0 Å². The summed E-state index contributed by atoms with van der Waals surface area (Å²) in [5.41, 5.74) is 0.912. The van der Waals surface area contributed by atoms with Crippen molar-refractivity contribution in [2.45, 2.75) is 38.1 Å². The second-order valence-electron chi connectivity index (χ2n) is 5.46. The van der Waals surface area contributed by atoms with Gasteiger partial charge in [0.15, 0.2) is 0 Å². The zero-order valence-corrected chi connectivity index (χ0v) is 15.0. The smallest absolute Gasteiger partial charge is 0.243 e. The van der Waals surface area contributed by atoms with Gasteiger partial charge in [0.1, 0.15) is 5.75 Å². The topological polar surface area (TPSA) is 59.5 Å². The fourth-order valence-electron chi connectivity index (χ4n) is 2.25. The standard InChI is InChI=1S/C18H24N2O3S/c1-3-5-14-23-17-6-8-18(9-7-17)24(21,22)20(4-2)15-16-10-12-19-13-11-16/h6-13H,3-5,14-15H2,1-2H3. The van der Waals surface area contributed by atoms with Crippen LogP contribution in [0.3, 0.4) is 0 Å². The monoisotopic (exact) mass is 348 g/mol. The molecule has 5 nitrogen and oxygen atoms in total. The number of sulfonamides is 1. The summed E-state index contributed by atoms with van der Waals surface area (Å²) >= 11 is 0. The maximum absolute atomic E-state index is 12.8. The molecule has 0 bridgehead atoms. The summed E-state index contributed by atoms with van der Waals surface area (Å²) in [4.78, 5) is 4.24. The first-order valence-electron chi connectivity index (χ1n) is 8.19. The average molecular weight is 348 g/mol. The van der Waals surface area contributed by atoms with Crippen molar-refractivity contribution in [1.82, 2.24) is 9.29 Å². The van der Waals surface area contributed by atoms with Gasteiger partial charge in [0.05, 0.1) is 11.5 Å². The van der Waals surface area contributed by atoms with Crippen LogP contribution in [0, 0.1) is 0 Å². The quantitative estimate of drug-likeness (QED) is 0.651. The van der Waals surface area contributed by atoms with Gasteiger partial charge in [-0.25, -0.2) is 8.42 Å². The third kappa shape index (κ3) is 4.79. The number of hydrogen-bond acceptors (Lipinski definition) is 4. The highest BCUT2D eigenvalue weighted by atomic mass is 32.2. The lowest BCUT2D eigenvalue weighted by Crippen LogP contribution is -2.30. The van der Waals surface area contributed by atoms with E-state index in [9.17, 15) is 8.42 Å². The number of hydrogen-bond donors (Lipinski definition) is 0. The second kappa shape index (κ2) is 8.80. The molecule has 2 aromatic rings. The molecule has 0 spiro atoms. The average Bonchev–Trinajstić information content (AvgIpc) is 2.61. The molecule has 130 valence electrons. The van der Waals surface area contributed by atoms with Gasteiger partial charge in [-0.05, 0) is 48.4 Å². The normalized spacial score (nSPS) is 11.6. The lowest BCUT2D eigenvalue weighted by molar-refractivity contribution is 0.309. The molecule has 6 heteroatoms. The molecule has 2 rings (SSSR count). The molecule has 0 amide bonds. The lowest BCUT2D eigenvalue weighted by Gasteiger charge is -2.20. The molecule has 0 aliphatic heterocycles. The Morgan fingerprint density at radius 3 is 2.29 bits per heavy atom. The Morgan fingerprint density at radius 1 is 1.04 bits per heavy atom. The highest BCUT2D eigenvalue weighted by Crippen LogP contribution is 2.21. The van der Waals surface area contributed by atoms with E-state index >= 15 is 0 Å². The number of pyridine rings is 1. The van der Waals surface area contributed by atoms with Crippen molar-refractivity contribution >= 4 is 10.0 Å². The van der Waals surface area contributed by atoms with Crippen molar-refractivity contribution in [3.63, 3.8) is 0 Å². The zero-order valence-electron chi connectivity index (χ0n) is 14.2. The van der Waals surface area contributed by atoms with E-state index in [1.807, 2.05) is 19.1 Å².